The average molecular weight is 293 g/mol. The fraction of sp³-hybridized carbons (Fsp3) is 0.385. The Bertz CT molecular complexity index is 612. The molecule has 0 aliphatic heterocycles. The van der Waals surface area contributed by atoms with E-state index < -0.39 is 10.0 Å². The van der Waals surface area contributed by atoms with Crippen molar-refractivity contribution in [2.45, 2.75) is 11.3 Å². The maximum absolute atomic E-state index is 12.4. The molecule has 0 spiro atoms. The lowest BCUT2D eigenvalue weighted by atomic mass is 10.2. The Labute approximate surface area is 118 Å². The molecule has 0 heterocycles. The maximum Gasteiger partial charge on any atom is 0.243 e. The molecule has 7 heteroatoms. The van der Waals surface area contributed by atoms with Gasteiger partial charge in [-0.1, -0.05) is 0 Å². The van der Waals surface area contributed by atoms with Crippen LogP contribution in [0, 0.1) is 22.7 Å². The van der Waals surface area contributed by atoms with Gasteiger partial charge in [-0.25, -0.2) is 8.42 Å². The van der Waals surface area contributed by atoms with Crippen LogP contribution in [0.25, 0.3) is 0 Å². The largest absolute Gasteiger partial charge is 0.383 e. The van der Waals surface area contributed by atoms with E-state index in [9.17, 15) is 8.42 Å². The molecule has 0 atom stereocenters. The second-order valence-electron chi connectivity index (χ2n) is 3.94. The molecule has 0 N–H and O–H groups in total. The van der Waals surface area contributed by atoms with Gasteiger partial charge in [-0.15, -0.1) is 0 Å². The Kier molecular flexibility index (Phi) is 6.13. The summed E-state index contributed by atoms with van der Waals surface area (Å²) in [6.07, 6.45) is 0.110. The van der Waals surface area contributed by atoms with E-state index in [2.05, 4.69) is 0 Å². The van der Waals surface area contributed by atoms with Gasteiger partial charge in [0.2, 0.25) is 10.0 Å². The Morgan fingerprint density at radius 3 is 2.35 bits per heavy atom. The van der Waals surface area contributed by atoms with Crippen LogP contribution in [0.15, 0.2) is 29.2 Å². The summed E-state index contributed by atoms with van der Waals surface area (Å²) in [5, 5.41) is 17.3. The first kappa shape index (κ1) is 16.1. The third-order valence-corrected chi connectivity index (χ3v) is 4.55. The number of hydrogen-bond acceptors (Lipinski definition) is 5. The minimum Gasteiger partial charge on any atom is -0.383 e. The zero-order valence-corrected chi connectivity index (χ0v) is 11.9. The molecule has 0 fully saturated rings. The average Bonchev–Trinajstić information content (AvgIpc) is 2.47. The van der Waals surface area contributed by atoms with Gasteiger partial charge in [0.1, 0.15) is 0 Å². The predicted octanol–water partition coefficient (Wildman–Crippen LogP) is 1.11. The number of ether oxygens (including phenoxy) is 1. The first-order valence-corrected chi connectivity index (χ1v) is 7.36. The molecule has 0 bridgehead atoms. The molecule has 0 saturated heterocycles. The van der Waals surface area contributed by atoms with Crippen LogP contribution in [0.2, 0.25) is 0 Å². The number of methoxy groups -OCH3 is 1. The highest BCUT2D eigenvalue weighted by Crippen LogP contribution is 2.16. The summed E-state index contributed by atoms with van der Waals surface area (Å²) in [5.74, 6) is 0. The van der Waals surface area contributed by atoms with E-state index in [-0.39, 0.29) is 31.0 Å². The van der Waals surface area contributed by atoms with Crippen LogP contribution >= 0.6 is 0 Å². The van der Waals surface area contributed by atoms with E-state index >= 15 is 0 Å². The highest BCUT2D eigenvalue weighted by molar-refractivity contribution is 7.89. The van der Waals surface area contributed by atoms with Gasteiger partial charge < -0.3 is 4.74 Å². The van der Waals surface area contributed by atoms with Gasteiger partial charge in [-0.05, 0) is 24.3 Å². The van der Waals surface area contributed by atoms with E-state index in [1.165, 1.54) is 35.7 Å². The van der Waals surface area contributed by atoms with Gasteiger partial charge in [0, 0.05) is 26.6 Å². The Morgan fingerprint density at radius 2 is 1.85 bits per heavy atom. The lowest BCUT2D eigenvalue weighted by Gasteiger charge is -2.20. The first-order chi connectivity index (χ1) is 9.56. The Hall–Kier alpha value is -1.93. The minimum atomic E-state index is -3.68. The van der Waals surface area contributed by atoms with E-state index in [0.29, 0.717) is 5.56 Å². The molecule has 20 heavy (non-hydrogen) atoms. The summed E-state index contributed by atoms with van der Waals surface area (Å²) in [6, 6.07) is 9.54. The fourth-order valence-electron chi connectivity index (χ4n) is 1.57. The van der Waals surface area contributed by atoms with E-state index in [1.807, 2.05) is 12.1 Å². The standard InChI is InChI=1S/C13H15N3O3S/c1-19-10-9-16(8-2-7-14)20(17,18)13-5-3-12(11-15)4-6-13/h3-6H,2,8-10H2,1H3. The molecule has 0 aliphatic carbocycles. The number of nitriles is 2. The molecule has 0 unspecified atom stereocenters. The van der Waals surface area contributed by atoms with Crippen molar-refractivity contribution in [1.29, 1.82) is 10.5 Å². The van der Waals surface area contributed by atoms with Crippen molar-refractivity contribution in [3.63, 3.8) is 0 Å². The predicted molar refractivity (Wildman–Crippen MR) is 72.0 cm³/mol. The Balaban J connectivity index is 3.01. The zero-order chi connectivity index (χ0) is 15.0. The molecule has 0 aliphatic rings. The molecule has 1 rings (SSSR count). The van der Waals surface area contributed by atoms with Gasteiger partial charge in [0.25, 0.3) is 0 Å². The van der Waals surface area contributed by atoms with Crippen molar-refractivity contribution < 1.29 is 13.2 Å². The molecule has 0 radical (unpaired) electrons. The van der Waals surface area contributed by atoms with E-state index in [4.69, 9.17) is 15.3 Å². The third-order valence-electron chi connectivity index (χ3n) is 2.64. The van der Waals surface area contributed by atoms with Gasteiger partial charge in [0.05, 0.1) is 29.2 Å². The summed E-state index contributed by atoms with van der Waals surface area (Å²) in [7, 11) is -2.19. The van der Waals surface area contributed by atoms with Crippen molar-refractivity contribution in [3.05, 3.63) is 29.8 Å². The summed E-state index contributed by atoms with van der Waals surface area (Å²) >= 11 is 0. The molecular weight excluding hydrogens is 278 g/mol. The van der Waals surface area contributed by atoms with Gasteiger partial charge in [-0.3, -0.25) is 0 Å². The highest BCUT2D eigenvalue weighted by atomic mass is 32.2. The fourth-order valence-corrected chi connectivity index (χ4v) is 3.00. The molecular formula is C13H15N3O3S. The van der Waals surface area contributed by atoms with Crippen LogP contribution in [-0.4, -0.2) is 39.5 Å². The van der Waals surface area contributed by atoms with Crippen molar-refractivity contribution in [2.75, 3.05) is 26.8 Å². The lowest BCUT2D eigenvalue weighted by molar-refractivity contribution is 0.179. The van der Waals surface area contributed by atoms with Crippen molar-refractivity contribution >= 4 is 10.0 Å². The number of benzene rings is 1. The summed E-state index contributed by atoms with van der Waals surface area (Å²) in [5.41, 5.74) is 0.393. The number of sulfonamides is 1. The highest BCUT2D eigenvalue weighted by Gasteiger charge is 2.23. The Morgan fingerprint density at radius 1 is 1.20 bits per heavy atom. The number of nitrogens with zero attached hydrogens (tertiary/aromatic N) is 3. The monoisotopic (exact) mass is 293 g/mol. The van der Waals surface area contributed by atoms with Gasteiger partial charge in [-0.2, -0.15) is 14.8 Å². The normalized spacial score (nSPS) is 11.0. The van der Waals surface area contributed by atoms with Crippen LogP contribution in [0.5, 0.6) is 0 Å². The number of rotatable bonds is 7. The van der Waals surface area contributed by atoms with Crippen LogP contribution in [0.3, 0.4) is 0 Å². The molecule has 0 saturated carbocycles. The zero-order valence-electron chi connectivity index (χ0n) is 11.1. The second kappa shape index (κ2) is 7.61. The first-order valence-electron chi connectivity index (χ1n) is 5.92. The van der Waals surface area contributed by atoms with Crippen LogP contribution in [-0.2, 0) is 14.8 Å². The number of hydrogen-bond donors (Lipinski definition) is 0. The lowest BCUT2D eigenvalue weighted by Crippen LogP contribution is -2.34. The second-order valence-corrected chi connectivity index (χ2v) is 5.88. The molecule has 0 aromatic heterocycles. The third kappa shape index (κ3) is 4.04. The summed E-state index contributed by atoms with van der Waals surface area (Å²) < 4.78 is 30.9. The topological polar surface area (TPSA) is 94.2 Å². The van der Waals surface area contributed by atoms with Crippen molar-refractivity contribution in [3.8, 4) is 12.1 Å². The minimum absolute atomic E-state index is 0.102. The van der Waals surface area contributed by atoms with Crippen LogP contribution in [0.4, 0.5) is 0 Å². The van der Waals surface area contributed by atoms with Crippen molar-refractivity contribution in [1.82, 2.24) is 4.31 Å². The SMILES string of the molecule is COCCN(CCC#N)S(=O)(=O)c1ccc(C#N)cc1. The molecule has 6 nitrogen and oxygen atoms in total. The van der Waals surface area contributed by atoms with E-state index in [0.717, 1.165) is 0 Å². The summed E-state index contributed by atoms with van der Waals surface area (Å²) in [6.45, 7) is 0.545. The van der Waals surface area contributed by atoms with Crippen LogP contribution in [0.1, 0.15) is 12.0 Å². The van der Waals surface area contributed by atoms with Crippen LogP contribution < -0.4 is 0 Å². The maximum atomic E-state index is 12.4. The summed E-state index contributed by atoms with van der Waals surface area (Å²) in [4.78, 5) is 0.102. The van der Waals surface area contributed by atoms with Gasteiger partial charge in [0.15, 0.2) is 0 Å². The molecule has 1 aromatic carbocycles. The van der Waals surface area contributed by atoms with Crippen molar-refractivity contribution in [2.24, 2.45) is 0 Å². The molecule has 0 amide bonds. The van der Waals surface area contributed by atoms with E-state index in [1.54, 1.807) is 0 Å². The van der Waals surface area contributed by atoms with Gasteiger partial charge >= 0.3 is 0 Å². The molecule has 1 aromatic rings. The molecule has 106 valence electrons. The quantitative estimate of drug-likeness (QED) is 0.750. The smallest absolute Gasteiger partial charge is 0.243 e.